The predicted octanol–water partition coefficient (Wildman–Crippen LogP) is 2.06. The van der Waals surface area contributed by atoms with E-state index in [9.17, 15) is 0 Å². The monoisotopic (exact) mass is 242 g/mol. The van der Waals surface area contributed by atoms with Gasteiger partial charge in [0.05, 0.1) is 13.2 Å². The molecule has 2 aliphatic rings. The van der Waals surface area contributed by atoms with E-state index in [1.807, 2.05) is 0 Å². The molecule has 1 atom stereocenters. The fraction of sp³-hybridized carbons (Fsp3) is 1.00. The number of nitrogens with zero attached hydrogens (tertiary/aromatic N) is 2. The van der Waals surface area contributed by atoms with Crippen molar-refractivity contribution in [2.45, 2.75) is 52.1 Å². The lowest BCUT2D eigenvalue weighted by Crippen LogP contribution is -2.53. The van der Waals surface area contributed by atoms with Gasteiger partial charge in [0.1, 0.15) is 0 Å². The molecule has 2 saturated heterocycles. The lowest BCUT2D eigenvalue weighted by Gasteiger charge is -2.44. The van der Waals surface area contributed by atoms with Gasteiger partial charge in [-0.3, -0.25) is 9.68 Å². The molecule has 4 heteroatoms. The maximum absolute atomic E-state index is 5.85. The highest BCUT2D eigenvalue weighted by Crippen LogP contribution is 2.32. The standard InChI is InChI=1S/C13H26N2O2/c1-11(2)14-8-6-12(10-17-14)13(3,4)15-7-5-9-16-15/h11-12H,5-10H2,1-4H3. The van der Waals surface area contributed by atoms with E-state index in [1.54, 1.807) is 0 Å². The van der Waals surface area contributed by atoms with Crippen LogP contribution in [-0.2, 0) is 9.68 Å². The van der Waals surface area contributed by atoms with Gasteiger partial charge < -0.3 is 0 Å². The maximum atomic E-state index is 5.85. The van der Waals surface area contributed by atoms with Crippen LogP contribution in [0.1, 0.15) is 40.5 Å². The Labute approximate surface area is 105 Å². The Hall–Kier alpha value is -0.160. The van der Waals surface area contributed by atoms with Gasteiger partial charge in [0, 0.05) is 30.6 Å². The van der Waals surface area contributed by atoms with Crippen molar-refractivity contribution in [2.75, 3.05) is 26.3 Å². The van der Waals surface area contributed by atoms with Gasteiger partial charge in [0.2, 0.25) is 0 Å². The Balaban J connectivity index is 1.90. The molecule has 0 spiro atoms. The van der Waals surface area contributed by atoms with Crippen LogP contribution in [0.4, 0.5) is 0 Å². The summed E-state index contributed by atoms with van der Waals surface area (Å²) in [6.07, 6.45) is 2.33. The van der Waals surface area contributed by atoms with Gasteiger partial charge in [0.25, 0.3) is 0 Å². The van der Waals surface area contributed by atoms with Crippen LogP contribution in [0.25, 0.3) is 0 Å². The minimum atomic E-state index is 0.0829. The first-order chi connectivity index (χ1) is 8.01. The Morgan fingerprint density at radius 3 is 2.41 bits per heavy atom. The van der Waals surface area contributed by atoms with Crippen LogP contribution in [0.15, 0.2) is 0 Å². The van der Waals surface area contributed by atoms with Gasteiger partial charge in [-0.05, 0) is 40.5 Å². The van der Waals surface area contributed by atoms with Gasteiger partial charge in [-0.15, -0.1) is 0 Å². The van der Waals surface area contributed by atoms with Crippen molar-refractivity contribution in [3.63, 3.8) is 0 Å². The number of hydrogen-bond donors (Lipinski definition) is 0. The van der Waals surface area contributed by atoms with Crippen molar-refractivity contribution in [3.8, 4) is 0 Å². The molecule has 1 unspecified atom stereocenters. The van der Waals surface area contributed by atoms with Gasteiger partial charge in [-0.25, -0.2) is 0 Å². The number of hydroxylamine groups is 4. The summed E-state index contributed by atoms with van der Waals surface area (Å²) in [5.74, 6) is 0.551. The van der Waals surface area contributed by atoms with Crippen molar-refractivity contribution in [1.29, 1.82) is 0 Å². The first-order valence-electron chi connectivity index (χ1n) is 6.82. The Morgan fingerprint density at radius 1 is 1.18 bits per heavy atom. The van der Waals surface area contributed by atoms with E-state index < -0.39 is 0 Å². The van der Waals surface area contributed by atoms with Crippen LogP contribution < -0.4 is 0 Å². The summed E-state index contributed by atoms with van der Waals surface area (Å²) in [6.45, 7) is 12.7. The second-order valence-electron chi connectivity index (χ2n) is 5.96. The molecule has 0 saturated carbocycles. The molecule has 100 valence electrons. The molecule has 0 bridgehead atoms. The molecule has 2 rings (SSSR count). The van der Waals surface area contributed by atoms with Crippen LogP contribution in [0, 0.1) is 5.92 Å². The molecule has 0 amide bonds. The lowest BCUT2D eigenvalue weighted by molar-refractivity contribution is -0.253. The van der Waals surface area contributed by atoms with Gasteiger partial charge in [-0.1, -0.05) is 0 Å². The highest BCUT2D eigenvalue weighted by Gasteiger charge is 2.40. The lowest BCUT2D eigenvalue weighted by atomic mass is 9.84. The van der Waals surface area contributed by atoms with Crippen LogP contribution >= 0.6 is 0 Å². The van der Waals surface area contributed by atoms with Crippen molar-refractivity contribution < 1.29 is 9.68 Å². The minimum absolute atomic E-state index is 0.0829. The second-order valence-corrected chi connectivity index (χ2v) is 5.96. The summed E-state index contributed by atoms with van der Waals surface area (Å²) in [6, 6.07) is 0.474. The highest BCUT2D eigenvalue weighted by molar-refractivity contribution is 4.88. The number of hydrogen-bond acceptors (Lipinski definition) is 4. The van der Waals surface area contributed by atoms with Gasteiger partial charge in [-0.2, -0.15) is 10.1 Å². The van der Waals surface area contributed by atoms with E-state index >= 15 is 0 Å². The van der Waals surface area contributed by atoms with Crippen LogP contribution in [0.2, 0.25) is 0 Å². The maximum Gasteiger partial charge on any atom is 0.0732 e. The zero-order valence-electron chi connectivity index (χ0n) is 11.6. The normalized spacial score (nSPS) is 29.1. The molecule has 4 nitrogen and oxygen atoms in total. The molecule has 0 aromatic carbocycles. The van der Waals surface area contributed by atoms with Crippen molar-refractivity contribution in [2.24, 2.45) is 5.92 Å². The van der Waals surface area contributed by atoms with Crippen LogP contribution in [0.5, 0.6) is 0 Å². The SMILES string of the molecule is CC(C)N1CCC(C(C)(C)N2CCCO2)CO1. The quantitative estimate of drug-likeness (QED) is 0.756. The molecule has 0 aliphatic carbocycles. The summed E-state index contributed by atoms with van der Waals surface area (Å²) in [5.41, 5.74) is 0.0829. The molecule has 0 radical (unpaired) electrons. The third kappa shape index (κ3) is 2.81. The van der Waals surface area contributed by atoms with Crippen molar-refractivity contribution in [3.05, 3.63) is 0 Å². The van der Waals surface area contributed by atoms with E-state index in [0.29, 0.717) is 12.0 Å². The van der Waals surface area contributed by atoms with Gasteiger partial charge in [0.15, 0.2) is 0 Å². The third-order valence-electron chi connectivity index (χ3n) is 4.11. The van der Waals surface area contributed by atoms with Gasteiger partial charge >= 0.3 is 0 Å². The van der Waals surface area contributed by atoms with E-state index in [1.165, 1.54) is 6.42 Å². The number of rotatable bonds is 3. The summed E-state index contributed by atoms with van der Waals surface area (Å²) in [5, 5.41) is 4.25. The topological polar surface area (TPSA) is 24.9 Å². The summed E-state index contributed by atoms with van der Waals surface area (Å²) >= 11 is 0. The van der Waals surface area contributed by atoms with Crippen molar-refractivity contribution >= 4 is 0 Å². The first kappa shape index (κ1) is 13.3. The van der Waals surface area contributed by atoms with E-state index in [0.717, 1.165) is 32.7 Å². The van der Waals surface area contributed by atoms with Crippen LogP contribution in [0.3, 0.4) is 0 Å². The van der Waals surface area contributed by atoms with Crippen LogP contribution in [-0.4, -0.2) is 48.0 Å². The Kier molecular flexibility index (Phi) is 4.08. The Morgan fingerprint density at radius 2 is 1.94 bits per heavy atom. The molecule has 0 N–H and O–H groups in total. The average Bonchev–Trinajstić information content (AvgIpc) is 2.83. The predicted molar refractivity (Wildman–Crippen MR) is 67.3 cm³/mol. The fourth-order valence-corrected chi connectivity index (χ4v) is 2.69. The first-order valence-corrected chi connectivity index (χ1v) is 6.82. The summed E-state index contributed by atoms with van der Waals surface area (Å²) in [4.78, 5) is 11.6. The average molecular weight is 242 g/mol. The van der Waals surface area contributed by atoms with E-state index in [2.05, 4.69) is 37.8 Å². The largest absolute Gasteiger partial charge is 0.298 e. The molecule has 0 aromatic heterocycles. The third-order valence-corrected chi connectivity index (χ3v) is 4.11. The second kappa shape index (κ2) is 5.22. The van der Waals surface area contributed by atoms with E-state index in [4.69, 9.17) is 9.68 Å². The molecular weight excluding hydrogens is 216 g/mol. The molecule has 2 fully saturated rings. The Bertz CT molecular complexity index is 242. The van der Waals surface area contributed by atoms with E-state index in [-0.39, 0.29) is 5.54 Å². The molecule has 2 aliphatic heterocycles. The zero-order valence-corrected chi connectivity index (χ0v) is 11.6. The molecule has 2 heterocycles. The molecular formula is C13H26N2O2. The van der Waals surface area contributed by atoms with Crippen molar-refractivity contribution in [1.82, 2.24) is 10.1 Å². The zero-order chi connectivity index (χ0) is 12.5. The smallest absolute Gasteiger partial charge is 0.0732 e. The molecule has 17 heavy (non-hydrogen) atoms. The molecule has 0 aromatic rings. The highest BCUT2D eigenvalue weighted by atomic mass is 16.7. The summed E-state index contributed by atoms with van der Waals surface area (Å²) in [7, 11) is 0. The fourth-order valence-electron chi connectivity index (χ4n) is 2.69. The summed E-state index contributed by atoms with van der Waals surface area (Å²) < 4.78 is 0. The minimum Gasteiger partial charge on any atom is -0.298 e.